The maximum absolute atomic E-state index is 11.2. The normalized spacial score (nSPS) is 10.3. The van der Waals surface area contributed by atoms with Crippen molar-refractivity contribution in [3.05, 3.63) is 52.1 Å². The maximum atomic E-state index is 11.2. The summed E-state index contributed by atoms with van der Waals surface area (Å²) in [5.74, 6) is 1.21. The summed E-state index contributed by atoms with van der Waals surface area (Å²) in [5, 5.41) is 3.13. The van der Waals surface area contributed by atoms with Crippen molar-refractivity contribution < 1.29 is 0 Å². The van der Waals surface area contributed by atoms with Gasteiger partial charge >= 0.3 is 0 Å². The summed E-state index contributed by atoms with van der Waals surface area (Å²) < 4.78 is 0. The largest absolute Gasteiger partial charge is 0.399 e. The molecule has 0 aliphatic carbocycles. The lowest BCUT2D eigenvalue weighted by molar-refractivity contribution is 0.969. The second kappa shape index (κ2) is 5.35. The molecule has 18 heavy (non-hydrogen) atoms. The van der Waals surface area contributed by atoms with Crippen molar-refractivity contribution in [2.45, 2.75) is 13.3 Å². The standard InChI is InChI=1S/C13H16N4O/c1-9-16-12(8-13(18)17-9)15-7-6-10-2-4-11(14)5-3-10/h2-5,8H,6-7,14H2,1H3,(H2,15,16,17,18). The fourth-order valence-corrected chi connectivity index (χ4v) is 1.69. The number of nitrogens with two attached hydrogens (primary N) is 1. The summed E-state index contributed by atoms with van der Waals surface area (Å²) in [7, 11) is 0. The lowest BCUT2D eigenvalue weighted by Crippen LogP contribution is -2.13. The highest BCUT2D eigenvalue weighted by molar-refractivity contribution is 5.39. The van der Waals surface area contributed by atoms with Crippen LogP contribution in [0.3, 0.4) is 0 Å². The fraction of sp³-hybridized carbons (Fsp3) is 0.231. The molecule has 4 N–H and O–H groups in total. The number of nitrogens with zero attached hydrogens (tertiary/aromatic N) is 1. The van der Waals surface area contributed by atoms with Gasteiger partial charge in [-0.1, -0.05) is 12.1 Å². The molecule has 0 saturated heterocycles. The van der Waals surface area contributed by atoms with Crippen LogP contribution in [0.25, 0.3) is 0 Å². The topological polar surface area (TPSA) is 83.8 Å². The molecule has 94 valence electrons. The molecule has 1 aromatic carbocycles. The zero-order valence-corrected chi connectivity index (χ0v) is 10.2. The average Bonchev–Trinajstić information content (AvgIpc) is 2.30. The summed E-state index contributed by atoms with van der Waals surface area (Å²) in [6, 6.07) is 9.20. The van der Waals surface area contributed by atoms with Crippen molar-refractivity contribution in [2.75, 3.05) is 17.6 Å². The van der Waals surface area contributed by atoms with E-state index in [9.17, 15) is 4.79 Å². The first-order valence-corrected chi connectivity index (χ1v) is 5.80. The molecule has 0 amide bonds. The second-order valence-corrected chi connectivity index (χ2v) is 4.13. The van der Waals surface area contributed by atoms with Gasteiger partial charge in [0.25, 0.3) is 5.56 Å². The monoisotopic (exact) mass is 244 g/mol. The SMILES string of the molecule is Cc1nc(NCCc2ccc(N)cc2)cc(=O)[nH]1. The number of hydrogen-bond donors (Lipinski definition) is 3. The van der Waals surface area contributed by atoms with Gasteiger partial charge in [-0.15, -0.1) is 0 Å². The van der Waals surface area contributed by atoms with E-state index in [2.05, 4.69) is 15.3 Å². The van der Waals surface area contributed by atoms with Gasteiger partial charge in [0, 0.05) is 18.3 Å². The Morgan fingerprint density at radius 1 is 1.33 bits per heavy atom. The van der Waals surface area contributed by atoms with Gasteiger partial charge in [0.1, 0.15) is 11.6 Å². The maximum Gasteiger partial charge on any atom is 0.252 e. The number of nitrogens with one attached hydrogen (secondary N) is 2. The van der Waals surface area contributed by atoms with Crippen molar-refractivity contribution in [3.63, 3.8) is 0 Å². The minimum Gasteiger partial charge on any atom is -0.399 e. The lowest BCUT2D eigenvalue weighted by Gasteiger charge is -2.06. The van der Waals surface area contributed by atoms with Gasteiger partial charge in [0.15, 0.2) is 0 Å². The van der Waals surface area contributed by atoms with Crippen LogP contribution in [-0.2, 0) is 6.42 Å². The molecule has 0 atom stereocenters. The van der Waals surface area contributed by atoms with Crippen LogP contribution in [0.15, 0.2) is 35.1 Å². The molecular weight excluding hydrogens is 228 g/mol. The van der Waals surface area contributed by atoms with E-state index in [1.807, 2.05) is 24.3 Å². The quantitative estimate of drug-likeness (QED) is 0.708. The number of anilines is 2. The smallest absolute Gasteiger partial charge is 0.252 e. The fourth-order valence-electron chi connectivity index (χ4n) is 1.69. The first-order valence-electron chi connectivity index (χ1n) is 5.80. The first kappa shape index (κ1) is 12.2. The Hall–Kier alpha value is -2.30. The summed E-state index contributed by atoms with van der Waals surface area (Å²) in [6.45, 7) is 2.48. The van der Waals surface area contributed by atoms with Crippen LogP contribution in [0.1, 0.15) is 11.4 Å². The van der Waals surface area contributed by atoms with Gasteiger partial charge in [-0.25, -0.2) is 4.98 Å². The molecule has 5 nitrogen and oxygen atoms in total. The zero-order chi connectivity index (χ0) is 13.0. The Balaban J connectivity index is 1.92. The number of rotatable bonds is 4. The van der Waals surface area contributed by atoms with Crippen LogP contribution in [0, 0.1) is 6.92 Å². The third-order valence-electron chi connectivity index (χ3n) is 2.56. The molecule has 0 spiro atoms. The molecule has 1 heterocycles. The van der Waals surface area contributed by atoms with Crippen LogP contribution in [0.4, 0.5) is 11.5 Å². The number of H-pyrrole nitrogens is 1. The Bertz CT molecular complexity index is 574. The van der Waals surface area contributed by atoms with Gasteiger partial charge in [-0.2, -0.15) is 0 Å². The summed E-state index contributed by atoms with van der Waals surface area (Å²) >= 11 is 0. The molecule has 5 heteroatoms. The van der Waals surface area contributed by atoms with Crippen LogP contribution in [0.2, 0.25) is 0 Å². The molecule has 0 fully saturated rings. The molecule has 0 unspecified atom stereocenters. The van der Waals surface area contributed by atoms with Crippen molar-refractivity contribution >= 4 is 11.5 Å². The Labute approximate surface area is 105 Å². The predicted octanol–water partition coefficient (Wildman–Crippen LogP) is 1.32. The molecule has 0 aliphatic heterocycles. The molecule has 0 bridgehead atoms. The molecule has 0 saturated carbocycles. The van der Waals surface area contributed by atoms with E-state index in [-0.39, 0.29) is 5.56 Å². The molecule has 2 rings (SSSR count). The van der Waals surface area contributed by atoms with E-state index in [4.69, 9.17) is 5.73 Å². The van der Waals surface area contributed by atoms with Crippen LogP contribution < -0.4 is 16.6 Å². The molecule has 0 radical (unpaired) electrons. The van der Waals surface area contributed by atoms with E-state index < -0.39 is 0 Å². The highest BCUT2D eigenvalue weighted by Crippen LogP contribution is 2.06. The van der Waals surface area contributed by atoms with E-state index in [1.54, 1.807) is 6.92 Å². The summed E-state index contributed by atoms with van der Waals surface area (Å²) in [6.07, 6.45) is 0.855. The highest BCUT2D eigenvalue weighted by atomic mass is 16.1. The Morgan fingerprint density at radius 3 is 2.72 bits per heavy atom. The summed E-state index contributed by atoms with van der Waals surface area (Å²) in [4.78, 5) is 18.0. The van der Waals surface area contributed by atoms with Crippen molar-refractivity contribution in [3.8, 4) is 0 Å². The van der Waals surface area contributed by atoms with Gasteiger partial charge in [0.05, 0.1) is 0 Å². The van der Waals surface area contributed by atoms with E-state index >= 15 is 0 Å². The van der Waals surface area contributed by atoms with Crippen molar-refractivity contribution in [1.82, 2.24) is 9.97 Å². The van der Waals surface area contributed by atoms with E-state index in [1.165, 1.54) is 11.6 Å². The van der Waals surface area contributed by atoms with E-state index in [0.29, 0.717) is 11.6 Å². The number of aromatic nitrogens is 2. The molecule has 2 aromatic rings. The van der Waals surface area contributed by atoms with Crippen molar-refractivity contribution in [1.29, 1.82) is 0 Å². The van der Waals surface area contributed by atoms with Crippen LogP contribution >= 0.6 is 0 Å². The molecular formula is C13H16N4O. The lowest BCUT2D eigenvalue weighted by atomic mass is 10.1. The Kier molecular flexibility index (Phi) is 3.62. The Morgan fingerprint density at radius 2 is 2.06 bits per heavy atom. The average molecular weight is 244 g/mol. The highest BCUT2D eigenvalue weighted by Gasteiger charge is 1.98. The zero-order valence-electron chi connectivity index (χ0n) is 10.2. The third kappa shape index (κ3) is 3.35. The number of benzene rings is 1. The van der Waals surface area contributed by atoms with Gasteiger partial charge in [-0.3, -0.25) is 4.79 Å². The number of aryl methyl sites for hydroxylation is 1. The van der Waals surface area contributed by atoms with Gasteiger partial charge in [0.2, 0.25) is 0 Å². The van der Waals surface area contributed by atoms with Crippen LogP contribution in [0.5, 0.6) is 0 Å². The summed E-state index contributed by atoms with van der Waals surface area (Å²) in [5.41, 5.74) is 7.43. The van der Waals surface area contributed by atoms with Crippen molar-refractivity contribution in [2.24, 2.45) is 0 Å². The number of hydrogen-bond acceptors (Lipinski definition) is 4. The minimum atomic E-state index is -0.141. The first-order chi connectivity index (χ1) is 8.63. The number of aromatic amines is 1. The van der Waals surface area contributed by atoms with E-state index in [0.717, 1.165) is 18.7 Å². The minimum absolute atomic E-state index is 0.141. The van der Waals surface area contributed by atoms with Gasteiger partial charge < -0.3 is 16.0 Å². The number of nitrogen functional groups attached to an aromatic ring is 1. The predicted molar refractivity (Wildman–Crippen MR) is 72.6 cm³/mol. The van der Waals surface area contributed by atoms with Crippen LogP contribution in [-0.4, -0.2) is 16.5 Å². The van der Waals surface area contributed by atoms with Gasteiger partial charge in [-0.05, 0) is 31.0 Å². The molecule has 1 aromatic heterocycles. The third-order valence-corrected chi connectivity index (χ3v) is 2.56. The molecule has 0 aliphatic rings. The second-order valence-electron chi connectivity index (χ2n) is 4.13.